The Labute approximate surface area is 34.2 Å². The highest BCUT2D eigenvalue weighted by atomic mass is 32.1. The van der Waals surface area contributed by atoms with E-state index in [1.165, 1.54) is 0 Å². The average Bonchev–Trinajstić information content (AvgIpc) is 1.37. The first-order valence-electron chi connectivity index (χ1n) is 1.17. The topological polar surface area (TPSA) is 0 Å². The Balaban J connectivity index is 1.97. The Morgan fingerprint density at radius 3 is 2.25 bits per heavy atom. The molecule has 0 rings (SSSR count). The van der Waals surface area contributed by atoms with E-state index in [0.29, 0.717) is 0 Å². The van der Waals surface area contributed by atoms with E-state index >= 15 is 0 Å². The van der Waals surface area contributed by atoms with Crippen molar-refractivity contribution in [3.05, 3.63) is 0 Å². The maximum absolute atomic E-state index is 3.93. The van der Waals surface area contributed by atoms with Crippen LogP contribution in [0.2, 0.25) is 0 Å². The van der Waals surface area contributed by atoms with E-state index < -0.39 is 0 Å². The van der Waals surface area contributed by atoms with E-state index in [1.54, 1.807) is 0 Å². The van der Waals surface area contributed by atoms with Gasteiger partial charge in [-0.15, -0.1) is 8.58 Å². The van der Waals surface area contributed by atoms with Gasteiger partial charge in [0.1, 0.15) is 0 Å². The zero-order valence-corrected chi connectivity index (χ0v) is 4.55. The molecule has 0 spiro atoms. The summed E-state index contributed by atoms with van der Waals surface area (Å²) in [5, 5.41) is 0. The van der Waals surface area contributed by atoms with Crippen molar-refractivity contribution < 1.29 is 0 Å². The molecule has 0 aromatic heterocycles. The normalized spacial score (nSPS) is 10.5. The summed E-state index contributed by atoms with van der Waals surface area (Å²) in [6.07, 6.45) is 0. The van der Waals surface area contributed by atoms with Crippen LogP contribution in [-0.2, 0) is 0 Å². The first-order chi connectivity index (χ1) is 1.91. The van der Waals surface area contributed by atoms with Crippen molar-refractivity contribution >= 4 is 21.2 Å². The molecule has 1 unspecified atom stereocenters. The fourth-order valence-corrected chi connectivity index (χ4v) is 0. The Morgan fingerprint density at radius 2 is 2.25 bits per heavy atom. The van der Waals surface area contributed by atoms with E-state index in [0.717, 1.165) is 14.1 Å². The molecule has 0 aromatic carbocycles. The molecule has 4 heavy (non-hydrogen) atoms. The summed E-state index contributed by atoms with van der Waals surface area (Å²) in [6, 6.07) is 0. The van der Waals surface area contributed by atoms with Crippen molar-refractivity contribution in [1.82, 2.24) is 0 Å². The molecule has 0 aliphatic carbocycles. The molecule has 0 saturated carbocycles. The molecule has 0 heterocycles. The fraction of sp³-hybridized carbons (Fsp3) is 1.00. The Bertz CT molecular complexity index is 8.00. The first-order valence-corrected chi connectivity index (χ1v) is 3.51. The summed E-state index contributed by atoms with van der Waals surface area (Å²) >= 11 is 3.93. The summed E-state index contributed by atoms with van der Waals surface area (Å²) in [5.41, 5.74) is 1.04. The second-order valence-electron chi connectivity index (χ2n) is 0.512. The molecule has 2 heteroatoms. The monoisotopic (exact) mass is 94.0 g/mol. The van der Waals surface area contributed by atoms with E-state index in [4.69, 9.17) is 0 Å². The van der Waals surface area contributed by atoms with Crippen LogP contribution in [-0.4, -0.2) is 12.2 Å². The van der Waals surface area contributed by atoms with Gasteiger partial charge in [-0.05, 0) is 6.66 Å². The van der Waals surface area contributed by atoms with Gasteiger partial charge >= 0.3 is 0 Å². The van der Waals surface area contributed by atoms with E-state index in [1.807, 2.05) is 0 Å². The van der Waals surface area contributed by atoms with Crippen LogP contribution in [0.25, 0.3) is 0 Å². The molecule has 0 N–H and O–H groups in total. The predicted octanol–water partition coefficient (Wildman–Crippen LogP) is 1.18. The maximum atomic E-state index is 3.93. The zero-order valence-electron chi connectivity index (χ0n) is 2.65. The smallest absolute Gasteiger partial charge is 0.00747 e. The minimum Gasteiger partial charge on any atom is -0.175 e. The lowest BCUT2D eigenvalue weighted by molar-refractivity contribution is 2.22. The lowest BCUT2D eigenvalue weighted by atomic mass is 11.9. The highest BCUT2D eigenvalue weighted by Gasteiger charge is 1.55. The summed E-state index contributed by atoms with van der Waals surface area (Å²) in [7, 11) is 1.00. The predicted molar refractivity (Wildman–Crippen MR) is 28.1 cm³/mol. The van der Waals surface area contributed by atoms with Crippen molar-refractivity contribution in [3.8, 4) is 0 Å². The molecule has 1 atom stereocenters. The van der Waals surface area contributed by atoms with Gasteiger partial charge in [0.15, 0.2) is 0 Å². The molecule has 0 aromatic rings. The van der Waals surface area contributed by atoms with Gasteiger partial charge < -0.3 is 0 Å². The Morgan fingerprint density at radius 1 is 2.00 bits per heavy atom. The molecular formula is C2H7PS. The van der Waals surface area contributed by atoms with Crippen LogP contribution in [0, 0.1) is 0 Å². The van der Waals surface area contributed by atoms with Crippen molar-refractivity contribution in [3.63, 3.8) is 0 Å². The molecule has 0 aliphatic heterocycles. The van der Waals surface area contributed by atoms with Gasteiger partial charge in [-0.25, -0.2) is 0 Å². The highest BCUT2D eigenvalue weighted by Crippen LogP contribution is 2.00. The molecule has 0 amide bonds. The third-order valence-electron chi connectivity index (χ3n) is 0.158. The van der Waals surface area contributed by atoms with E-state index in [9.17, 15) is 0 Å². The number of hydrogen-bond donors (Lipinski definition) is 1. The lowest BCUT2D eigenvalue weighted by Gasteiger charge is -1.69. The highest BCUT2D eigenvalue weighted by molar-refractivity contribution is 7.86. The molecule has 0 saturated heterocycles. The van der Waals surface area contributed by atoms with Gasteiger partial charge in [-0.1, -0.05) is 0 Å². The minimum atomic E-state index is 1.00. The van der Waals surface area contributed by atoms with Gasteiger partial charge in [0.05, 0.1) is 0 Å². The summed E-state index contributed by atoms with van der Waals surface area (Å²) in [4.78, 5) is 0. The minimum absolute atomic E-state index is 1.00. The number of hydrogen-bond acceptors (Lipinski definition) is 1. The molecule has 26 valence electrons. The maximum Gasteiger partial charge on any atom is 0.00747 e. The molecule has 0 bridgehead atoms. The largest absolute Gasteiger partial charge is 0.175 e. The second kappa shape index (κ2) is 3.78. The average molecular weight is 94.1 g/mol. The summed E-state index contributed by atoms with van der Waals surface area (Å²) in [6.45, 7) is 2.13. The molecular weight excluding hydrogens is 87.1 g/mol. The molecule has 0 nitrogen and oxygen atoms in total. The van der Waals surface area contributed by atoms with Crippen LogP contribution < -0.4 is 0 Å². The Hall–Kier alpha value is 0.780. The fourth-order valence-electron chi connectivity index (χ4n) is 0. The molecule has 0 aliphatic rings. The molecule has 0 fully saturated rings. The Kier molecular flexibility index (Phi) is 4.52. The number of thiol groups is 1. The third kappa shape index (κ3) is 2.78. The van der Waals surface area contributed by atoms with Crippen molar-refractivity contribution in [2.24, 2.45) is 0 Å². The lowest BCUT2D eigenvalue weighted by Crippen LogP contribution is -1.40. The quantitative estimate of drug-likeness (QED) is 0.366. The first kappa shape index (κ1) is 4.78. The zero-order chi connectivity index (χ0) is 3.41. The standard InChI is InChI=1S/C2H7PS/c1-3-2-4/h3-4H,2H2,1H3. The van der Waals surface area contributed by atoms with Crippen LogP contribution in [0.15, 0.2) is 0 Å². The molecule has 0 radical (unpaired) electrons. The van der Waals surface area contributed by atoms with Crippen molar-refractivity contribution in [1.29, 1.82) is 0 Å². The van der Waals surface area contributed by atoms with Crippen molar-refractivity contribution in [2.75, 3.05) is 12.2 Å². The van der Waals surface area contributed by atoms with Gasteiger partial charge in [0.25, 0.3) is 0 Å². The van der Waals surface area contributed by atoms with E-state index in [-0.39, 0.29) is 0 Å². The van der Waals surface area contributed by atoms with Gasteiger partial charge in [-0.2, -0.15) is 12.6 Å². The van der Waals surface area contributed by atoms with Crippen LogP contribution in [0.1, 0.15) is 0 Å². The summed E-state index contributed by atoms with van der Waals surface area (Å²) in [5.74, 6) is 0. The summed E-state index contributed by atoms with van der Waals surface area (Å²) < 4.78 is 0. The van der Waals surface area contributed by atoms with Gasteiger partial charge in [0, 0.05) is 5.49 Å². The third-order valence-corrected chi connectivity index (χ3v) is 1.42. The van der Waals surface area contributed by atoms with Crippen LogP contribution >= 0.6 is 21.2 Å². The van der Waals surface area contributed by atoms with Crippen LogP contribution in [0.5, 0.6) is 0 Å². The van der Waals surface area contributed by atoms with Gasteiger partial charge in [0.2, 0.25) is 0 Å². The van der Waals surface area contributed by atoms with E-state index in [2.05, 4.69) is 19.3 Å². The SMILES string of the molecule is CPCS. The second-order valence-corrected chi connectivity index (χ2v) is 2.48. The van der Waals surface area contributed by atoms with Gasteiger partial charge in [-0.3, -0.25) is 0 Å². The number of rotatable bonds is 1. The van der Waals surface area contributed by atoms with Crippen LogP contribution in [0.4, 0.5) is 0 Å². The van der Waals surface area contributed by atoms with Crippen molar-refractivity contribution in [2.45, 2.75) is 0 Å². The van der Waals surface area contributed by atoms with Crippen LogP contribution in [0.3, 0.4) is 0 Å².